The van der Waals surface area contributed by atoms with Gasteiger partial charge in [-0.05, 0) is 13.3 Å². The summed E-state index contributed by atoms with van der Waals surface area (Å²) in [6.45, 7) is 3.75. The zero-order valence-electron chi connectivity index (χ0n) is 8.57. The third-order valence-electron chi connectivity index (χ3n) is 1.92. The second-order valence-corrected chi connectivity index (χ2v) is 3.36. The van der Waals surface area contributed by atoms with E-state index in [1.165, 1.54) is 10.9 Å². The van der Waals surface area contributed by atoms with Crippen LogP contribution in [0.1, 0.15) is 13.3 Å². The summed E-state index contributed by atoms with van der Waals surface area (Å²) >= 11 is 5.60. The molecule has 0 atom stereocenters. The van der Waals surface area contributed by atoms with Crippen LogP contribution in [0.2, 0.25) is 5.15 Å². The Balaban J connectivity index is 2.63. The normalized spacial score (nSPS) is 10.5. The summed E-state index contributed by atoms with van der Waals surface area (Å²) in [4.78, 5) is 15.3. The zero-order valence-corrected chi connectivity index (χ0v) is 9.33. The van der Waals surface area contributed by atoms with Crippen LogP contribution in [-0.2, 0) is 11.3 Å². The van der Waals surface area contributed by atoms with Crippen molar-refractivity contribution < 1.29 is 4.74 Å². The van der Waals surface area contributed by atoms with E-state index in [0.717, 1.165) is 6.42 Å². The molecule has 0 spiro atoms. The molecule has 0 aliphatic heterocycles. The Morgan fingerprint density at radius 3 is 3.07 bits per heavy atom. The topological polar surface area (TPSA) is 70.1 Å². The number of aryl methyl sites for hydroxylation is 1. The van der Waals surface area contributed by atoms with Gasteiger partial charge in [0.2, 0.25) is 0 Å². The van der Waals surface area contributed by atoms with E-state index in [0.29, 0.717) is 19.8 Å². The maximum absolute atomic E-state index is 11.5. The molecule has 15 heavy (non-hydrogen) atoms. The number of halogens is 1. The smallest absolute Gasteiger partial charge is 0.278 e. The number of hydrogen-bond acceptors (Lipinski definition) is 4. The molecule has 0 radical (unpaired) electrons. The third kappa shape index (κ3) is 3.21. The van der Waals surface area contributed by atoms with E-state index < -0.39 is 0 Å². The van der Waals surface area contributed by atoms with Crippen molar-refractivity contribution in [1.82, 2.24) is 9.55 Å². The lowest BCUT2D eigenvalue weighted by Crippen LogP contribution is -2.24. The summed E-state index contributed by atoms with van der Waals surface area (Å²) in [5.74, 6) is 0. The molecular weight excluding hydrogens is 218 g/mol. The van der Waals surface area contributed by atoms with Crippen LogP contribution in [0.5, 0.6) is 0 Å². The number of nitrogens with two attached hydrogens (primary N) is 1. The Morgan fingerprint density at radius 2 is 2.40 bits per heavy atom. The van der Waals surface area contributed by atoms with E-state index in [9.17, 15) is 4.79 Å². The highest BCUT2D eigenvalue weighted by atomic mass is 35.5. The lowest BCUT2D eigenvalue weighted by molar-refractivity contribution is 0.141. The van der Waals surface area contributed by atoms with Crippen LogP contribution >= 0.6 is 11.6 Å². The van der Waals surface area contributed by atoms with Crippen molar-refractivity contribution in [2.24, 2.45) is 0 Å². The van der Waals surface area contributed by atoms with Crippen molar-refractivity contribution in [2.75, 3.05) is 18.9 Å². The second kappa shape index (κ2) is 5.72. The Hall–Kier alpha value is -1.07. The van der Waals surface area contributed by atoms with E-state index in [1.807, 2.05) is 6.92 Å². The summed E-state index contributed by atoms with van der Waals surface area (Å²) in [6.07, 6.45) is 2.14. The molecule has 0 saturated heterocycles. The quantitative estimate of drug-likeness (QED) is 0.604. The Morgan fingerprint density at radius 1 is 1.67 bits per heavy atom. The molecule has 0 fully saturated rings. The summed E-state index contributed by atoms with van der Waals surface area (Å²) < 4.78 is 6.59. The molecule has 1 rings (SSSR count). The van der Waals surface area contributed by atoms with Gasteiger partial charge >= 0.3 is 0 Å². The van der Waals surface area contributed by atoms with Gasteiger partial charge < -0.3 is 10.5 Å². The van der Waals surface area contributed by atoms with Gasteiger partial charge in [-0.1, -0.05) is 11.6 Å². The average molecular weight is 232 g/mol. The predicted octanol–water partition coefficient (Wildman–Crippen LogP) is 0.906. The van der Waals surface area contributed by atoms with Crippen molar-refractivity contribution in [1.29, 1.82) is 0 Å². The molecule has 0 unspecified atom stereocenters. The summed E-state index contributed by atoms with van der Waals surface area (Å²) in [7, 11) is 0. The highest BCUT2D eigenvalue weighted by molar-refractivity contribution is 6.31. The first-order valence-electron chi connectivity index (χ1n) is 4.75. The van der Waals surface area contributed by atoms with E-state index in [4.69, 9.17) is 22.1 Å². The average Bonchev–Trinajstić information content (AvgIpc) is 2.24. The van der Waals surface area contributed by atoms with Gasteiger partial charge in [0.1, 0.15) is 5.69 Å². The monoisotopic (exact) mass is 231 g/mol. The maximum Gasteiger partial charge on any atom is 0.278 e. The molecule has 5 nitrogen and oxygen atoms in total. The first kappa shape index (κ1) is 12.0. The lowest BCUT2D eigenvalue weighted by atomic mass is 10.4. The first-order valence-corrected chi connectivity index (χ1v) is 5.12. The lowest BCUT2D eigenvalue weighted by Gasteiger charge is -2.06. The molecule has 6 heteroatoms. The van der Waals surface area contributed by atoms with Gasteiger partial charge in [-0.3, -0.25) is 9.36 Å². The van der Waals surface area contributed by atoms with Crippen molar-refractivity contribution in [3.05, 3.63) is 21.8 Å². The fourth-order valence-electron chi connectivity index (χ4n) is 1.13. The fourth-order valence-corrected chi connectivity index (χ4v) is 1.25. The van der Waals surface area contributed by atoms with Crippen molar-refractivity contribution >= 4 is 17.3 Å². The van der Waals surface area contributed by atoms with Gasteiger partial charge in [-0.2, -0.15) is 0 Å². The van der Waals surface area contributed by atoms with Crippen molar-refractivity contribution in [3.63, 3.8) is 0 Å². The molecule has 1 heterocycles. The Bertz CT molecular complexity index is 378. The number of aromatic nitrogens is 2. The molecule has 2 N–H and O–H groups in total. The Labute approximate surface area is 92.8 Å². The number of rotatable bonds is 5. The van der Waals surface area contributed by atoms with Crippen LogP contribution in [0.3, 0.4) is 0 Å². The van der Waals surface area contributed by atoms with Crippen LogP contribution < -0.4 is 11.3 Å². The molecule has 0 saturated carbocycles. The number of anilines is 1. The van der Waals surface area contributed by atoms with Crippen molar-refractivity contribution in [2.45, 2.75) is 19.9 Å². The van der Waals surface area contributed by atoms with Gasteiger partial charge in [0.25, 0.3) is 5.56 Å². The van der Waals surface area contributed by atoms with Crippen LogP contribution in [-0.4, -0.2) is 22.8 Å². The SMILES string of the molecule is CCOCCCn1cnc(Cl)c(N)c1=O. The maximum atomic E-state index is 11.5. The molecule has 1 aromatic rings. The predicted molar refractivity (Wildman–Crippen MR) is 59.0 cm³/mol. The largest absolute Gasteiger partial charge is 0.392 e. The van der Waals surface area contributed by atoms with Crippen molar-refractivity contribution in [3.8, 4) is 0 Å². The third-order valence-corrected chi connectivity index (χ3v) is 2.22. The highest BCUT2D eigenvalue weighted by Gasteiger charge is 2.05. The van der Waals surface area contributed by atoms with Gasteiger partial charge in [-0.15, -0.1) is 0 Å². The molecule has 0 amide bonds. The van der Waals surface area contributed by atoms with Gasteiger partial charge in [-0.25, -0.2) is 4.98 Å². The van der Waals surface area contributed by atoms with E-state index >= 15 is 0 Å². The van der Waals surface area contributed by atoms with E-state index in [2.05, 4.69) is 4.98 Å². The van der Waals surface area contributed by atoms with E-state index in [1.54, 1.807) is 0 Å². The zero-order chi connectivity index (χ0) is 11.3. The standard InChI is InChI=1S/C9H14ClN3O2/c1-2-15-5-3-4-13-6-12-8(10)7(11)9(13)14/h6H,2-5,11H2,1H3. The minimum atomic E-state index is -0.300. The fraction of sp³-hybridized carbons (Fsp3) is 0.556. The highest BCUT2D eigenvalue weighted by Crippen LogP contribution is 2.07. The number of nitrogens with zero attached hydrogens (tertiary/aromatic N) is 2. The molecule has 1 aromatic heterocycles. The first-order chi connectivity index (χ1) is 7.16. The molecular formula is C9H14ClN3O2. The van der Waals surface area contributed by atoms with Crippen LogP contribution in [0.25, 0.3) is 0 Å². The van der Waals surface area contributed by atoms with Crippen LogP contribution in [0, 0.1) is 0 Å². The van der Waals surface area contributed by atoms with Crippen LogP contribution in [0.15, 0.2) is 11.1 Å². The Kier molecular flexibility index (Phi) is 4.58. The number of nitrogen functional groups attached to an aromatic ring is 1. The molecule has 0 bridgehead atoms. The molecule has 0 aliphatic rings. The molecule has 84 valence electrons. The van der Waals surface area contributed by atoms with Gasteiger partial charge in [0.05, 0.1) is 6.33 Å². The van der Waals surface area contributed by atoms with Gasteiger partial charge in [0, 0.05) is 19.8 Å². The van der Waals surface area contributed by atoms with Crippen LogP contribution in [0.4, 0.5) is 5.69 Å². The second-order valence-electron chi connectivity index (χ2n) is 3.00. The molecule has 0 aliphatic carbocycles. The summed E-state index contributed by atoms with van der Waals surface area (Å²) in [6, 6.07) is 0. The minimum absolute atomic E-state index is 0.00410. The van der Waals surface area contributed by atoms with E-state index in [-0.39, 0.29) is 16.4 Å². The minimum Gasteiger partial charge on any atom is -0.392 e. The number of hydrogen-bond donors (Lipinski definition) is 1. The summed E-state index contributed by atoms with van der Waals surface area (Å²) in [5.41, 5.74) is 5.15. The number of ether oxygens (including phenoxy) is 1. The van der Waals surface area contributed by atoms with Gasteiger partial charge in [0.15, 0.2) is 5.15 Å². The molecule has 0 aromatic carbocycles. The summed E-state index contributed by atoms with van der Waals surface area (Å²) in [5, 5.41) is 0.0565.